The Hall–Kier alpha value is -3.88. The van der Waals surface area contributed by atoms with Gasteiger partial charge in [-0.2, -0.15) is 0 Å². The Kier molecular flexibility index (Phi) is 13.7. The second-order valence-electron chi connectivity index (χ2n) is 12.2. The Labute approximate surface area is 256 Å². The van der Waals surface area contributed by atoms with Crippen molar-refractivity contribution < 1.29 is 23.9 Å². The van der Waals surface area contributed by atoms with E-state index in [4.69, 9.17) is 10.5 Å². The maximum atomic E-state index is 14.4. The molecule has 2 atom stereocenters. The van der Waals surface area contributed by atoms with Gasteiger partial charge in [-0.05, 0) is 77.1 Å². The molecule has 9 heteroatoms. The van der Waals surface area contributed by atoms with E-state index < -0.39 is 35.6 Å². The molecule has 0 saturated heterocycles. The highest BCUT2D eigenvalue weighted by atomic mass is 16.6. The molecule has 2 aromatic carbocycles. The molecule has 4 amide bonds. The molecule has 0 aliphatic heterocycles. The molecule has 0 aromatic heterocycles. The number of nitrogens with one attached hydrogen (secondary N) is 2. The van der Waals surface area contributed by atoms with Crippen molar-refractivity contribution >= 4 is 29.5 Å². The van der Waals surface area contributed by atoms with Crippen LogP contribution in [0, 0.1) is 20.8 Å². The number of para-hydroxylation sites is 1. The van der Waals surface area contributed by atoms with Crippen LogP contribution in [0.2, 0.25) is 0 Å². The third-order valence-electron chi connectivity index (χ3n) is 7.15. The average Bonchev–Trinajstić information content (AvgIpc) is 2.91. The Morgan fingerprint density at radius 1 is 0.930 bits per heavy atom. The molecule has 9 nitrogen and oxygen atoms in total. The topological polar surface area (TPSA) is 131 Å². The molecule has 0 radical (unpaired) electrons. The molecule has 0 bridgehead atoms. The van der Waals surface area contributed by atoms with E-state index in [1.54, 1.807) is 25.7 Å². The minimum atomic E-state index is -1.13. The van der Waals surface area contributed by atoms with Crippen molar-refractivity contribution in [3.63, 3.8) is 0 Å². The summed E-state index contributed by atoms with van der Waals surface area (Å²) in [6.07, 6.45) is 3.75. The number of carbonyl (C=O) groups is 4. The summed E-state index contributed by atoms with van der Waals surface area (Å²) in [5.41, 5.74) is 8.67. The summed E-state index contributed by atoms with van der Waals surface area (Å²) in [6.45, 7) is 13.3. The highest BCUT2D eigenvalue weighted by Crippen LogP contribution is 2.29. The van der Waals surface area contributed by atoms with E-state index in [0.29, 0.717) is 17.7 Å². The van der Waals surface area contributed by atoms with Crippen molar-refractivity contribution in [2.24, 2.45) is 5.73 Å². The van der Waals surface area contributed by atoms with Crippen LogP contribution in [0.25, 0.3) is 0 Å². The molecule has 43 heavy (non-hydrogen) atoms. The molecule has 236 valence electrons. The third kappa shape index (κ3) is 11.7. The van der Waals surface area contributed by atoms with Crippen molar-refractivity contribution in [1.29, 1.82) is 0 Å². The number of nitrogens with two attached hydrogens (primary N) is 1. The van der Waals surface area contributed by atoms with Crippen molar-refractivity contribution in [3.8, 4) is 0 Å². The van der Waals surface area contributed by atoms with E-state index in [9.17, 15) is 19.2 Å². The molecule has 2 unspecified atom stereocenters. The van der Waals surface area contributed by atoms with Crippen molar-refractivity contribution in [2.75, 3.05) is 11.9 Å². The van der Waals surface area contributed by atoms with Gasteiger partial charge in [0.15, 0.2) is 0 Å². The van der Waals surface area contributed by atoms with Gasteiger partial charge >= 0.3 is 6.09 Å². The lowest BCUT2D eigenvalue weighted by atomic mass is 9.95. The summed E-state index contributed by atoms with van der Waals surface area (Å²) in [7, 11) is 0. The molecule has 0 saturated carbocycles. The summed E-state index contributed by atoms with van der Waals surface area (Å²) in [5, 5.41) is 5.70. The highest BCUT2D eigenvalue weighted by molar-refractivity contribution is 5.99. The normalized spacial score (nSPS) is 12.6. The van der Waals surface area contributed by atoms with E-state index in [0.717, 1.165) is 42.4 Å². The number of hydrogen-bond donors (Lipinski definition) is 3. The van der Waals surface area contributed by atoms with Crippen LogP contribution in [0.15, 0.2) is 42.5 Å². The first-order valence-corrected chi connectivity index (χ1v) is 15.3. The smallest absolute Gasteiger partial charge is 0.408 e. The maximum absolute atomic E-state index is 14.4. The number of unbranched alkanes of at least 4 members (excludes halogenated alkanes) is 4. The number of ether oxygens (including phenoxy) is 1. The standard InChI is InChI=1S/C34H50N4O5/c1-8-9-10-11-14-21-38(32(41)28(19-20-29(35)39)37-33(42)43-34(5,6)7)30(26-22-23(2)17-18-24(26)3)31(40)36-27-16-13-12-15-25(27)4/h12-13,15-18,22,28,30H,8-11,14,19-21H2,1-7H3,(H2,35,39)(H,36,40)(H,37,42). The van der Waals surface area contributed by atoms with E-state index in [-0.39, 0.29) is 25.3 Å². The minimum Gasteiger partial charge on any atom is -0.444 e. The van der Waals surface area contributed by atoms with Crippen LogP contribution in [0.5, 0.6) is 0 Å². The first kappa shape index (κ1) is 35.3. The zero-order valence-electron chi connectivity index (χ0n) is 26.9. The van der Waals surface area contributed by atoms with Gasteiger partial charge < -0.3 is 26.0 Å². The van der Waals surface area contributed by atoms with Gasteiger partial charge in [0.2, 0.25) is 11.8 Å². The Bertz CT molecular complexity index is 1250. The number of carbonyl (C=O) groups excluding carboxylic acids is 4. The van der Waals surface area contributed by atoms with Crippen LogP contribution in [0.3, 0.4) is 0 Å². The van der Waals surface area contributed by atoms with Crippen molar-refractivity contribution in [1.82, 2.24) is 10.2 Å². The van der Waals surface area contributed by atoms with Gasteiger partial charge in [0.25, 0.3) is 5.91 Å². The fraction of sp³-hybridized carbons (Fsp3) is 0.529. The molecular weight excluding hydrogens is 544 g/mol. The number of aryl methyl sites for hydroxylation is 3. The first-order valence-electron chi connectivity index (χ1n) is 15.3. The van der Waals surface area contributed by atoms with Gasteiger partial charge in [0.1, 0.15) is 17.7 Å². The van der Waals surface area contributed by atoms with Gasteiger partial charge in [-0.3, -0.25) is 14.4 Å². The Balaban J connectivity index is 2.61. The van der Waals surface area contributed by atoms with Crippen LogP contribution in [0.4, 0.5) is 10.5 Å². The van der Waals surface area contributed by atoms with E-state index in [1.165, 1.54) is 0 Å². The number of benzene rings is 2. The molecule has 4 N–H and O–H groups in total. The SMILES string of the molecule is CCCCCCCN(C(=O)C(CCC(N)=O)NC(=O)OC(C)(C)C)C(C(=O)Nc1ccccc1C)c1cc(C)ccc1C. The van der Waals surface area contributed by atoms with Gasteiger partial charge in [0, 0.05) is 18.7 Å². The van der Waals surface area contributed by atoms with Crippen LogP contribution < -0.4 is 16.4 Å². The van der Waals surface area contributed by atoms with Gasteiger partial charge in [0.05, 0.1) is 0 Å². The van der Waals surface area contributed by atoms with E-state index in [1.807, 2.05) is 63.2 Å². The van der Waals surface area contributed by atoms with Crippen molar-refractivity contribution in [3.05, 3.63) is 64.7 Å². The molecule has 0 aliphatic rings. The Morgan fingerprint density at radius 3 is 2.23 bits per heavy atom. The van der Waals surface area contributed by atoms with Crippen LogP contribution in [-0.2, 0) is 19.1 Å². The van der Waals surface area contributed by atoms with Gasteiger partial charge in [-0.15, -0.1) is 0 Å². The lowest BCUT2D eigenvalue weighted by Gasteiger charge is -2.35. The molecule has 2 rings (SSSR count). The average molecular weight is 595 g/mol. The number of anilines is 1. The number of rotatable bonds is 15. The highest BCUT2D eigenvalue weighted by Gasteiger charge is 2.37. The quantitative estimate of drug-likeness (QED) is 0.210. The van der Waals surface area contributed by atoms with Crippen LogP contribution in [-0.4, -0.2) is 46.9 Å². The summed E-state index contributed by atoms with van der Waals surface area (Å²) in [4.78, 5) is 54.8. The molecule has 0 heterocycles. The number of amides is 4. The molecule has 2 aromatic rings. The Morgan fingerprint density at radius 2 is 1.60 bits per heavy atom. The predicted octanol–water partition coefficient (Wildman–Crippen LogP) is 6.25. The lowest BCUT2D eigenvalue weighted by Crippen LogP contribution is -2.53. The zero-order valence-corrected chi connectivity index (χ0v) is 26.9. The number of primary amides is 1. The van der Waals surface area contributed by atoms with Crippen molar-refractivity contribution in [2.45, 2.75) is 111 Å². The maximum Gasteiger partial charge on any atom is 0.408 e. The van der Waals surface area contributed by atoms with E-state index >= 15 is 0 Å². The number of nitrogens with zero attached hydrogens (tertiary/aromatic N) is 1. The van der Waals surface area contributed by atoms with Gasteiger partial charge in [-0.25, -0.2) is 4.79 Å². The third-order valence-corrected chi connectivity index (χ3v) is 7.15. The summed E-state index contributed by atoms with van der Waals surface area (Å²) in [5.74, 6) is -1.44. The van der Waals surface area contributed by atoms with E-state index in [2.05, 4.69) is 17.6 Å². The van der Waals surface area contributed by atoms with Gasteiger partial charge in [-0.1, -0.05) is 74.6 Å². The summed E-state index contributed by atoms with van der Waals surface area (Å²) >= 11 is 0. The number of hydrogen-bond acceptors (Lipinski definition) is 5. The molecule has 0 spiro atoms. The first-order chi connectivity index (χ1) is 20.2. The minimum absolute atomic E-state index is 0.0291. The second-order valence-corrected chi connectivity index (χ2v) is 12.2. The lowest BCUT2D eigenvalue weighted by molar-refractivity contribution is -0.141. The summed E-state index contributed by atoms with van der Waals surface area (Å²) < 4.78 is 5.43. The molecular formula is C34H50N4O5. The fourth-order valence-electron chi connectivity index (χ4n) is 4.87. The molecule has 0 aliphatic carbocycles. The van der Waals surface area contributed by atoms with Crippen LogP contribution in [0.1, 0.15) is 101 Å². The van der Waals surface area contributed by atoms with Crippen LogP contribution >= 0.6 is 0 Å². The largest absolute Gasteiger partial charge is 0.444 e. The second kappa shape index (κ2) is 16.7. The molecule has 0 fully saturated rings. The zero-order chi connectivity index (χ0) is 32.2. The monoisotopic (exact) mass is 594 g/mol. The fourth-order valence-corrected chi connectivity index (χ4v) is 4.87. The predicted molar refractivity (Wildman–Crippen MR) is 171 cm³/mol. The number of alkyl carbamates (subject to hydrolysis) is 1. The summed E-state index contributed by atoms with van der Waals surface area (Å²) in [6, 6.07) is 11.2.